The van der Waals surface area contributed by atoms with Gasteiger partial charge in [0.2, 0.25) is 5.91 Å². The molecule has 0 bridgehead atoms. The van der Waals surface area contributed by atoms with Crippen molar-refractivity contribution in [1.29, 1.82) is 5.26 Å². The van der Waals surface area contributed by atoms with E-state index in [0.29, 0.717) is 30.6 Å². The normalized spacial score (nSPS) is 14.3. The number of amides is 2. The molecule has 0 radical (unpaired) electrons. The summed E-state index contributed by atoms with van der Waals surface area (Å²) in [4.78, 5) is 37.0. The monoisotopic (exact) mass is 520 g/mol. The van der Waals surface area contributed by atoms with Crippen molar-refractivity contribution in [2.75, 3.05) is 31.5 Å². The van der Waals surface area contributed by atoms with E-state index in [2.05, 4.69) is 28.3 Å². The fraction of sp³-hybridized carbons (Fsp3) is 0.290. The Morgan fingerprint density at radius 1 is 1.15 bits per heavy atom. The average Bonchev–Trinajstić information content (AvgIpc) is 3.51. The molecule has 4 aromatic rings. The number of hydrogen-bond acceptors (Lipinski definition) is 5. The summed E-state index contributed by atoms with van der Waals surface area (Å²) in [6.07, 6.45) is 6.19. The zero-order valence-electron chi connectivity index (χ0n) is 22.1. The van der Waals surface area contributed by atoms with Crippen molar-refractivity contribution in [2.24, 2.45) is 0 Å². The molecule has 0 saturated carbocycles. The van der Waals surface area contributed by atoms with Crippen LogP contribution in [0.3, 0.4) is 0 Å². The Labute approximate surface area is 228 Å². The van der Waals surface area contributed by atoms with Crippen LogP contribution in [-0.2, 0) is 11.2 Å². The van der Waals surface area contributed by atoms with Crippen LogP contribution in [0.1, 0.15) is 53.0 Å². The number of nitrogens with zero attached hydrogens (tertiary/aromatic N) is 4. The number of carbonyl (C=O) groups is 2. The molecule has 2 amide bonds. The number of hydrogen-bond donors (Lipinski definition) is 2. The maximum atomic E-state index is 13.5. The first-order valence-electron chi connectivity index (χ1n) is 13.4. The molecule has 5 rings (SSSR count). The van der Waals surface area contributed by atoms with Gasteiger partial charge in [0.15, 0.2) is 0 Å². The van der Waals surface area contributed by atoms with E-state index in [4.69, 9.17) is 5.26 Å². The summed E-state index contributed by atoms with van der Waals surface area (Å²) in [5.74, 6) is -0.0946. The minimum atomic E-state index is -0.110. The minimum Gasteiger partial charge on any atom is -0.376 e. The third-order valence-electron chi connectivity index (χ3n) is 7.26. The van der Waals surface area contributed by atoms with Crippen LogP contribution in [0.4, 0.5) is 5.69 Å². The zero-order chi connectivity index (χ0) is 27.2. The summed E-state index contributed by atoms with van der Waals surface area (Å²) in [6.45, 7) is 4.12. The standard InChI is InChI=1S/C31H32N6O2/c1-2-3-13-36-14-15-37(20-30(36)38)31(39)27-6-4-5-24-17-25(11-12-26(24)27)35-28(29-19-33-21-34-29)16-22-7-9-23(18-32)10-8-22/h4-12,17,19,21,28,35H,2-3,13-16,20H2,1H3,(H,33,34)/t28-/m0/s1. The maximum absolute atomic E-state index is 13.5. The van der Waals surface area contributed by atoms with Crippen LogP contribution >= 0.6 is 0 Å². The number of aromatic nitrogens is 2. The highest BCUT2D eigenvalue weighted by atomic mass is 16.2. The van der Waals surface area contributed by atoms with Crippen molar-refractivity contribution in [2.45, 2.75) is 32.2 Å². The molecule has 1 saturated heterocycles. The van der Waals surface area contributed by atoms with E-state index >= 15 is 0 Å². The summed E-state index contributed by atoms with van der Waals surface area (Å²) in [6, 6.07) is 21.4. The highest BCUT2D eigenvalue weighted by Crippen LogP contribution is 2.28. The van der Waals surface area contributed by atoms with Gasteiger partial charge >= 0.3 is 0 Å². The highest BCUT2D eigenvalue weighted by molar-refractivity contribution is 6.08. The summed E-state index contributed by atoms with van der Waals surface area (Å²) in [7, 11) is 0. The minimum absolute atomic E-state index is 0.0156. The molecule has 1 aromatic heterocycles. The molecule has 1 aliphatic rings. The van der Waals surface area contributed by atoms with Crippen molar-refractivity contribution >= 4 is 28.3 Å². The van der Waals surface area contributed by atoms with Crippen molar-refractivity contribution in [1.82, 2.24) is 19.8 Å². The van der Waals surface area contributed by atoms with Crippen LogP contribution in [0.2, 0.25) is 0 Å². The molecule has 1 aliphatic heterocycles. The molecular weight excluding hydrogens is 488 g/mol. The van der Waals surface area contributed by atoms with Gasteiger partial charge in [-0.15, -0.1) is 0 Å². The van der Waals surface area contributed by atoms with Gasteiger partial charge in [-0.2, -0.15) is 5.26 Å². The van der Waals surface area contributed by atoms with E-state index < -0.39 is 0 Å². The number of carbonyl (C=O) groups excluding carboxylic acids is 2. The van der Waals surface area contributed by atoms with E-state index in [0.717, 1.165) is 47.1 Å². The number of anilines is 1. The van der Waals surface area contributed by atoms with Gasteiger partial charge in [-0.25, -0.2) is 4.98 Å². The summed E-state index contributed by atoms with van der Waals surface area (Å²) >= 11 is 0. The molecule has 8 heteroatoms. The van der Waals surface area contributed by atoms with Crippen LogP contribution in [0.15, 0.2) is 73.2 Å². The Morgan fingerprint density at radius 2 is 2.00 bits per heavy atom. The highest BCUT2D eigenvalue weighted by Gasteiger charge is 2.28. The largest absolute Gasteiger partial charge is 0.376 e. The van der Waals surface area contributed by atoms with E-state index in [1.807, 2.05) is 71.8 Å². The molecule has 39 heavy (non-hydrogen) atoms. The van der Waals surface area contributed by atoms with Gasteiger partial charge in [0.1, 0.15) is 6.54 Å². The third kappa shape index (κ3) is 5.93. The van der Waals surface area contributed by atoms with Crippen LogP contribution < -0.4 is 5.32 Å². The van der Waals surface area contributed by atoms with Gasteiger partial charge in [0, 0.05) is 30.9 Å². The van der Waals surface area contributed by atoms with Crippen molar-refractivity contribution in [3.8, 4) is 6.07 Å². The number of aromatic amines is 1. The lowest BCUT2D eigenvalue weighted by atomic mass is 10.0. The molecule has 3 aromatic carbocycles. The Morgan fingerprint density at radius 3 is 2.72 bits per heavy atom. The van der Waals surface area contributed by atoms with E-state index in [9.17, 15) is 9.59 Å². The molecule has 0 spiro atoms. The second kappa shape index (κ2) is 11.8. The SMILES string of the molecule is CCCCN1CCN(C(=O)c2cccc3cc(N[C@@H](Cc4ccc(C#N)cc4)c4cnc[nH]4)ccc23)CC1=O. The second-order valence-corrected chi connectivity index (χ2v) is 9.92. The van der Waals surface area contributed by atoms with Crippen molar-refractivity contribution in [3.05, 3.63) is 95.6 Å². The third-order valence-corrected chi connectivity index (χ3v) is 7.26. The number of benzene rings is 3. The molecule has 8 nitrogen and oxygen atoms in total. The Balaban J connectivity index is 1.34. The predicted octanol–water partition coefficient (Wildman–Crippen LogP) is 4.91. The van der Waals surface area contributed by atoms with E-state index in [1.165, 1.54) is 0 Å². The average molecular weight is 521 g/mol. The van der Waals surface area contributed by atoms with Gasteiger partial charge in [-0.1, -0.05) is 43.7 Å². The first kappa shape index (κ1) is 26.0. The fourth-order valence-corrected chi connectivity index (χ4v) is 5.05. The first-order valence-corrected chi connectivity index (χ1v) is 13.4. The maximum Gasteiger partial charge on any atom is 0.255 e. The van der Waals surface area contributed by atoms with Gasteiger partial charge in [-0.3, -0.25) is 9.59 Å². The first-order chi connectivity index (χ1) is 19.1. The Bertz CT molecular complexity index is 1490. The fourth-order valence-electron chi connectivity index (χ4n) is 5.05. The van der Waals surface area contributed by atoms with Crippen LogP contribution in [0.25, 0.3) is 10.8 Å². The second-order valence-electron chi connectivity index (χ2n) is 9.92. The van der Waals surface area contributed by atoms with Gasteiger partial charge in [0.05, 0.1) is 35.9 Å². The number of unbranched alkanes of at least 4 members (excludes halogenated alkanes) is 1. The molecule has 2 N–H and O–H groups in total. The molecule has 2 heterocycles. The quantitative estimate of drug-likeness (QED) is 0.326. The van der Waals surface area contributed by atoms with Gasteiger partial charge in [0.25, 0.3) is 5.91 Å². The Kier molecular flexibility index (Phi) is 7.88. The van der Waals surface area contributed by atoms with Gasteiger partial charge < -0.3 is 20.1 Å². The van der Waals surface area contributed by atoms with Crippen LogP contribution in [-0.4, -0.2) is 57.8 Å². The topological polar surface area (TPSA) is 105 Å². The molecule has 1 fully saturated rings. The number of imidazole rings is 1. The van der Waals surface area contributed by atoms with Crippen molar-refractivity contribution in [3.63, 3.8) is 0 Å². The summed E-state index contributed by atoms with van der Waals surface area (Å²) in [5.41, 5.74) is 4.20. The molecule has 0 aliphatic carbocycles. The van der Waals surface area contributed by atoms with Gasteiger partial charge in [-0.05, 0) is 59.5 Å². The van der Waals surface area contributed by atoms with E-state index in [-0.39, 0.29) is 24.4 Å². The molecular formula is C31H32N6O2. The lowest BCUT2D eigenvalue weighted by Gasteiger charge is -2.34. The number of rotatable bonds is 9. The molecule has 0 unspecified atom stereocenters. The lowest BCUT2D eigenvalue weighted by molar-refractivity contribution is -0.135. The number of nitrogens with one attached hydrogen (secondary N) is 2. The number of H-pyrrole nitrogens is 1. The van der Waals surface area contributed by atoms with E-state index in [1.54, 1.807) is 11.2 Å². The van der Waals surface area contributed by atoms with Crippen molar-refractivity contribution < 1.29 is 9.59 Å². The number of fused-ring (bicyclic) bond motifs is 1. The predicted molar refractivity (Wildman–Crippen MR) is 151 cm³/mol. The summed E-state index contributed by atoms with van der Waals surface area (Å²) in [5, 5.41) is 14.5. The van der Waals surface area contributed by atoms with Crippen LogP contribution in [0, 0.1) is 11.3 Å². The number of piperazine rings is 1. The van der Waals surface area contributed by atoms with Crippen LogP contribution in [0.5, 0.6) is 0 Å². The molecule has 1 atom stereocenters. The summed E-state index contributed by atoms with van der Waals surface area (Å²) < 4.78 is 0. The number of nitriles is 1. The zero-order valence-corrected chi connectivity index (χ0v) is 22.1. The Hall–Kier alpha value is -4.64. The smallest absolute Gasteiger partial charge is 0.255 e. The molecule has 198 valence electrons. The lowest BCUT2D eigenvalue weighted by Crippen LogP contribution is -2.52.